The average molecular weight is 325 g/mol. The molecule has 0 aliphatic carbocycles. The smallest absolute Gasteiger partial charge is 0.0201 e. The zero-order valence-electron chi connectivity index (χ0n) is 16.1. The summed E-state index contributed by atoms with van der Waals surface area (Å²) in [6, 6.07) is 0. The summed E-state index contributed by atoms with van der Waals surface area (Å²) in [4.78, 5) is 1.11. The minimum absolute atomic E-state index is 0.281. The van der Waals surface area contributed by atoms with E-state index in [4.69, 9.17) is 0 Å². The third-order valence-electron chi connectivity index (χ3n) is 5.75. The van der Waals surface area contributed by atoms with Crippen LogP contribution in [0.2, 0.25) is 0 Å². The van der Waals surface area contributed by atoms with Crippen molar-refractivity contribution in [3.05, 3.63) is 24.1 Å². The molecule has 0 aliphatic rings. The summed E-state index contributed by atoms with van der Waals surface area (Å²) in [5, 5.41) is 0. The van der Waals surface area contributed by atoms with Gasteiger partial charge in [0.25, 0.3) is 0 Å². The molecule has 0 rings (SSSR count). The van der Waals surface area contributed by atoms with Gasteiger partial charge in [0.2, 0.25) is 0 Å². The van der Waals surface area contributed by atoms with Gasteiger partial charge in [-0.1, -0.05) is 79.5 Å². The van der Waals surface area contributed by atoms with Crippen LogP contribution in [0.4, 0.5) is 0 Å². The molecule has 0 aromatic carbocycles. The zero-order chi connectivity index (χ0) is 17.2. The molecule has 0 bridgehead atoms. The first-order chi connectivity index (χ1) is 10.3. The first-order valence-corrected chi connectivity index (χ1v) is 10.1. The number of allylic oxidation sites excluding steroid dienone is 1. The molecule has 0 amide bonds. The first-order valence-electron chi connectivity index (χ1n) is 9.27. The minimum atomic E-state index is 0.281. The number of hydrogen-bond acceptors (Lipinski definition) is 1. The van der Waals surface area contributed by atoms with Gasteiger partial charge in [0.05, 0.1) is 0 Å². The van der Waals surface area contributed by atoms with Gasteiger partial charge in [0.15, 0.2) is 0 Å². The van der Waals surface area contributed by atoms with Crippen molar-refractivity contribution in [2.24, 2.45) is 11.3 Å². The van der Waals surface area contributed by atoms with Crippen LogP contribution >= 0.6 is 11.8 Å². The summed E-state index contributed by atoms with van der Waals surface area (Å²) >= 11 is 1.92. The molecule has 0 nitrogen and oxygen atoms in total. The van der Waals surface area contributed by atoms with Gasteiger partial charge >= 0.3 is 0 Å². The second kappa shape index (κ2) is 10.6. The van der Waals surface area contributed by atoms with Crippen LogP contribution in [0.15, 0.2) is 24.1 Å². The van der Waals surface area contributed by atoms with Crippen LogP contribution in [0.3, 0.4) is 0 Å². The van der Waals surface area contributed by atoms with Gasteiger partial charge in [-0.2, -0.15) is 0 Å². The van der Waals surface area contributed by atoms with Crippen molar-refractivity contribution in [2.45, 2.75) is 97.7 Å². The Morgan fingerprint density at radius 2 is 1.73 bits per heavy atom. The molecule has 1 heteroatoms. The molecule has 0 aromatic heterocycles. The molecule has 0 aliphatic heterocycles. The Morgan fingerprint density at radius 1 is 1.09 bits per heavy atom. The second-order valence-electron chi connectivity index (χ2n) is 7.50. The number of unbranched alkanes of at least 4 members (excludes halogenated alkanes) is 2. The molecule has 0 spiro atoms. The summed E-state index contributed by atoms with van der Waals surface area (Å²) in [5.74, 6) is 0.705. The van der Waals surface area contributed by atoms with Crippen LogP contribution < -0.4 is 0 Å². The molecular weight excluding hydrogens is 284 g/mol. The molecule has 3 atom stereocenters. The Balaban J connectivity index is 4.62. The molecule has 22 heavy (non-hydrogen) atoms. The molecule has 0 aromatic rings. The molecule has 0 N–H and O–H groups in total. The van der Waals surface area contributed by atoms with Crippen molar-refractivity contribution < 1.29 is 0 Å². The number of hydrogen-bond donors (Lipinski definition) is 0. The molecule has 0 saturated carbocycles. The van der Waals surface area contributed by atoms with Crippen molar-refractivity contribution in [1.82, 2.24) is 0 Å². The van der Waals surface area contributed by atoms with Crippen molar-refractivity contribution >= 4 is 11.8 Å². The van der Waals surface area contributed by atoms with Crippen LogP contribution in [0.5, 0.6) is 0 Å². The minimum Gasteiger partial charge on any atom is -0.120 e. The predicted molar refractivity (Wildman–Crippen MR) is 107 cm³/mol. The van der Waals surface area contributed by atoms with E-state index in [2.05, 4.69) is 54.7 Å². The van der Waals surface area contributed by atoms with E-state index >= 15 is 0 Å². The predicted octanol–water partition coefficient (Wildman–Crippen LogP) is 8.00. The topological polar surface area (TPSA) is 0 Å². The zero-order valence-corrected chi connectivity index (χ0v) is 17.0. The molecule has 130 valence electrons. The van der Waals surface area contributed by atoms with Gasteiger partial charge in [-0.3, -0.25) is 0 Å². The van der Waals surface area contributed by atoms with Gasteiger partial charge in [-0.25, -0.2) is 0 Å². The standard InChI is InChI=1S/C21H40S/c1-9-13-14-16-20(7,11-3)17-15-18(5)21(8,12-4)22-19(6)10-2/h10,18H,2,6,9,11-17H2,1,3-5,7-8H3. The lowest BCUT2D eigenvalue weighted by Crippen LogP contribution is -2.30. The molecule has 0 saturated heterocycles. The van der Waals surface area contributed by atoms with Gasteiger partial charge in [0, 0.05) is 4.75 Å². The monoisotopic (exact) mass is 324 g/mol. The maximum atomic E-state index is 4.11. The largest absolute Gasteiger partial charge is 0.120 e. The van der Waals surface area contributed by atoms with Crippen LogP contribution in [0.25, 0.3) is 0 Å². The lowest BCUT2D eigenvalue weighted by atomic mass is 9.75. The van der Waals surface area contributed by atoms with Gasteiger partial charge < -0.3 is 0 Å². The van der Waals surface area contributed by atoms with Gasteiger partial charge in [0.1, 0.15) is 0 Å². The van der Waals surface area contributed by atoms with E-state index < -0.39 is 0 Å². The van der Waals surface area contributed by atoms with E-state index in [9.17, 15) is 0 Å². The summed E-state index contributed by atoms with van der Waals surface area (Å²) in [6.45, 7) is 22.3. The summed E-state index contributed by atoms with van der Waals surface area (Å²) in [6.07, 6.45) is 12.5. The van der Waals surface area contributed by atoms with E-state index in [1.807, 2.05) is 17.8 Å². The van der Waals surface area contributed by atoms with Gasteiger partial charge in [-0.15, -0.1) is 11.8 Å². The van der Waals surface area contributed by atoms with Crippen molar-refractivity contribution in [3.63, 3.8) is 0 Å². The quantitative estimate of drug-likeness (QED) is 0.244. The third kappa shape index (κ3) is 7.40. The van der Waals surface area contributed by atoms with Crippen molar-refractivity contribution in [1.29, 1.82) is 0 Å². The van der Waals surface area contributed by atoms with Crippen LogP contribution in [-0.4, -0.2) is 4.75 Å². The van der Waals surface area contributed by atoms with E-state index in [0.29, 0.717) is 11.3 Å². The lowest BCUT2D eigenvalue weighted by molar-refractivity contribution is 0.219. The first kappa shape index (κ1) is 21.8. The summed E-state index contributed by atoms with van der Waals surface area (Å²) in [7, 11) is 0. The van der Waals surface area contributed by atoms with Crippen LogP contribution in [0.1, 0.15) is 92.9 Å². The fourth-order valence-corrected chi connectivity index (χ4v) is 4.16. The highest BCUT2D eigenvalue weighted by Gasteiger charge is 2.32. The molecule has 3 unspecified atom stereocenters. The van der Waals surface area contributed by atoms with Crippen LogP contribution in [-0.2, 0) is 0 Å². The highest BCUT2D eigenvalue weighted by atomic mass is 32.2. The van der Waals surface area contributed by atoms with E-state index in [1.54, 1.807) is 0 Å². The maximum Gasteiger partial charge on any atom is 0.0201 e. The van der Waals surface area contributed by atoms with Crippen molar-refractivity contribution in [2.75, 3.05) is 0 Å². The fourth-order valence-electron chi connectivity index (χ4n) is 3.01. The summed E-state index contributed by atoms with van der Waals surface area (Å²) in [5.41, 5.74) is 0.526. The summed E-state index contributed by atoms with van der Waals surface area (Å²) < 4.78 is 0.281. The highest BCUT2D eigenvalue weighted by molar-refractivity contribution is 8.04. The number of thioether (sulfide) groups is 1. The third-order valence-corrected chi connectivity index (χ3v) is 7.34. The Morgan fingerprint density at radius 3 is 2.18 bits per heavy atom. The van der Waals surface area contributed by atoms with E-state index in [0.717, 1.165) is 4.91 Å². The number of rotatable bonds is 13. The highest BCUT2D eigenvalue weighted by Crippen LogP contribution is 2.44. The fraction of sp³-hybridized carbons (Fsp3) is 0.810. The Hall–Kier alpha value is -0.170. The SMILES string of the molecule is C=CC(=C)SC(C)(CC)C(C)CCC(C)(CC)CCCCC. The Labute approximate surface area is 145 Å². The van der Waals surface area contributed by atoms with E-state index in [-0.39, 0.29) is 4.75 Å². The Bertz CT molecular complexity index is 333. The maximum absolute atomic E-state index is 4.11. The normalized spacial score (nSPS) is 18.3. The molecular formula is C21H40S. The molecule has 0 heterocycles. The van der Waals surface area contributed by atoms with Gasteiger partial charge in [-0.05, 0) is 48.8 Å². The Kier molecular flexibility index (Phi) is 10.5. The van der Waals surface area contributed by atoms with E-state index in [1.165, 1.54) is 51.4 Å². The van der Waals surface area contributed by atoms with Crippen molar-refractivity contribution in [3.8, 4) is 0 Å². The second-order valence-corrected chi connectivity index (χ2v) is 9.16. The molecule has 0 fully saturated rings. The lowest BCUT2D eigenvalue weighted by Gasteiger charge is -2.37. The van der Waals surface area contributed by atoms with Crippen LogP contribution in [0, 0.1) is 11.3 Å². The molecule has 0 radical (unpaired) electrons. The average Bonchev–Trinajstić information content (AvgIpc) is 2.52.